The zero-order chi connectivity index (χ0) is 30.3. The number of benzene rings is 3. The summed E-state index contributed by atoms with van der Waals surface area (Å²) in [5.74, 6) is -3.29. The molecule has 8 nitrogen and oxygen atoms in total. The van der Waals surface area contributed by atoms with Crippen molar-refractivity contribution >= 4 is 46.4 Å². The van der Waals surface area contributed by atoms with Gasteiger partial charge >= 0.3 is 0 Å². The molecule has 3 aromatic rings. The number of phenolic OH excluding ortho intramolecular Hbond substituents is 2. The Balaban J connectivity index is 1.88. The molecule has 2 unspecified atom stereocenters. The first-order valence-corrected chi connectivity index (χ1v) is 13.7. The monoisotopic (exact) mass is 620 g/mol. The number of rotatable bonds is 4. The molecule has 0 spiro atoms. The van der Waals surface area contributed by atoms with Crippen LogP contribution in [0.5, 0.6) is 28.7 Å². The molecule has 0 amide bonds. The highest BCUT2D eigenvalue weighted by atomic mass is 35.5. The van der Waals surface area contributed by atoms with E-state index in [0.717, 1.165) is 0 Å². The predicted octanol–water partition coefficient (Wildman–Crippen LogP) is 6.32. The Bertz CT molecular complexity index is 1680. The van der Waals surface area contributed by atoms with Gasteiger partial charge in [-0.15, -0.1) is 0 Å². The number of aryl methyl sites for hydroxylation is 1. The van der Waals surface area contributed by atoms with Gasteiger partial charge in [0.25, 0.3) is 0 Å². The summed E-state index contributed by atoms with van der Waals surface area (Å²) in [4.78, 5) is 28.7. The molecular formula is C30H27Cl3O8. The van der Waals surface area contributed by atoms with E-state index < -0.39 is 50.6 Å². The minimum Gasteiger partial charge on any atom is -0.505 e. The second-order valence-electron chi connectivity index (χ2n) is 10.8. The predicted molar refractivity (Wildman–Crippen MR) is 155 cm³/mol. The van der Waals surface area contributed by atoms with E-state index in [0.29, 0.717) is 33.8 Å². The zero-order valence-electron chi connectivity index (χ0n) is 23.0. The fraction of sp³-hybridized carbons (Fsp3) is 0.333. The maximum absolute atomic E-state index is 14.6. The first kappa shape index (κ1) is 29.3. The Labute approximate surface area is 251 Å². The van der Waals surface area contributed by atoms with Crippen LogP contribution in [-0.2, 0) is 11.8 Å². The second-order valence-corrected chi connectivity index (χ2v) is 11.9. The lowest BCUT2D eigenvalue weighted by Gasteiger charge is -2.51. The number of hydrogen-bond donors (Lipinski definition) is 3. The van der Waals surface area contributed by atoms with Gasteiger partial charge in [0, 0.05) is 28.7 Å². The normalized spacial score (nSPS) is 20.7. The quantitative estimate of drug-likeness (QED) is 0.289. The van der Waals surface area contributed by atoms with Gasteiger partial charge in [0.2, 0.25) is 11.6 Å². The van der Waals surface area contributed by atoms with Crippen LogP contribution in [0, 0.1) is 12.8 Å². The molecule has 3 N–H and O–H groups in total. The molecule has 0 aromatic heterocycles. The number of hydrogen-bond acceptors (Lipinski definition) is 8. The third kappa shape index (κ3) is 3.77. The smallest absolute Gasteiger partial charge is 0.206 e. The number of fused-ring (bicyclic) bond motifs is 3. The van der Waals surface area contributed by atoms with E-state index in [4.69, 9.17) is 49.0 Å². The minimum absolute atomic E-state index is 0.0178. The maximum atomic E-state index is 14.6. The highest BCUT2D eigenvalue weighted by Crippen LogP contribution is 2.60. The summed E-state index contributed by atoms with van der Waals surface area (Å²) < 4.78 is 16.6. The van der Waals surface area contributed by atoms with Crippen molar-refractivity contribution in [2.45, 2.75) is 38.2 Å². The van der Waals surface area contributed by atoms with Gasteiger partial charge in [-0.25, -0.2) is 0 Å². The number of ketones is 2. The van der Waals surface area contributed by atoms with Crippen LogP contribution < -0.4 is 14.2 Å². The number of methoxy groups -OCH3 is 3. The van der Waals surface area contributed by atoms with Gasteiger partial charge in [-0.1, -0.05) is 48.7 Å². The molecule has 11 heteroatoms. The van der Waals surface area contributed by atoms with Crippen LogP contribution in [0.15, 0.2) is 18.2 Å². The highest BCUT2D eigenvalue weighted by Gasteiger charge is 2.64. The number of aliphatic hydroxyl groups is 1. The molecule has 0 saturated heterocycles. The van der Waals surface area contributed by atoms with Crippen molar-refractivity contribution in [1.29, 1.82) is 0 Å². The Hall–Kier alpha value is -3.17. The van der Waals surface area contributed by atoms with Crippen molar-refractivity contribution in [3.05, 3.63) is 61.1 Å². The van der Waals surface area contributed by atoms with Crippen molar-refractivity contribution < 1.29 is 39.1 Å². The van der Waals surface area contributed by atoms with Crippen LogP contribution in [-0.4, -0.2) is 53.8 Å². The molecule has 2 aliphatic carbocycles. The fourth-order valence-electron chi connectivity index (χ4n) is 6.43. The molecule has 3 aromatic carbocycles. The number of halogens is 3. The molecule has 0 saturated carbocycles. The lowest BCUT2D eigenvalue weighted by molar-refractivity contribution is -0.0202. The summed E-state index contributed by atoms with van der Waals surface area (Å²) >= 11 is 19.4. The van der Waals surface area contributed by atoms with Crippen molar-refractivity contribution in [3.8, 4) is 39.9 Å². The van der Waals surface area contributed by atoms with E-state index in [1.54, 1.807) is 39.0 Å². The second kappa shape index (κ2) is 9.70. The number of ether oxygens (including phenoxy) is 3. The Kier molecular flexibility index (Phi) is 6.94. The molecule has 0 radical (unpaired) electrons. The van der Waals surface area contributed by atoms with Gasteiger partial charge in [-0.2, -0.15) is 0 Å². The highest BCUT2D eigenvalue weighted by molar-refractivity contribution is 6.41. The molecule has 5 rings (SSSR count). The molecule has 0 heterocycles. The fourth-order valence-corrected chi connectivity index (χ4v) is 7.40. The molecule has 2 aliphatic rings. The third-order valence-corrected chi connectivity index (χ3v) is 9.59. The first-order valence-electron chi connectivity index (χ1n) is 12.6. The first-order chi connectivity index (χ1) is 19.2. The van der Waals surface area contributed by atoms with Gasteiger partial charge in [0.05, 0.1) is 36.9 Å². The van der Waals surface area contributed by atoms with Crippen LogP contribution in [0.3, 0.4) is 0 Å². The summed E-state index contributed by atoms with van der Waals surface area (Å²) in [7, 11) is 4.43. The van der Waals surface area contributed by atoms with E-state index in [9.17, 15) is 24.9 Å². The minimum atomic E-state index is -2.63. The standard InChI is InChI=1S/C30H27Cl3O8/c1-11-7-12(39-4)8-15(40-5)18(11)13-9-16(41-6)22(31)14-10-17-29(2,3)21-20(25(34)24(33)26(35)23(21)32)28(37)30(17,38)27(36)19(13)14/h7-9,17,34-35,38H,10H2,1-6H3. The van der Waals surface area contributed by atoms with Crippen molar-refractivity contribution in [1.82, 2.24) is 0 Å². The van der Waals surface area contributed by atoms with Gasteiger partial charge in [-0.05, 0) is 47.6 Å². The van der Waals surface area contributed by atoms with Crippen LogP contribution in [0.2, 0.25) is 15.1 Å². The number of carbonyl (C=O) groups excluding carboxylic acids is 2. The van der Waals surface area contributed by atoms with Gasteiger partial charge in [-0.3, -0.25) is 9.59 Å². The number of Topliss-reactive ketones (excluding diaryl/α,β-unsaturated/α-hetero) is 2. The average Bonchev–Trinajstić information content (AvgIpc) is 2.94. The Morgan fingerprint density at radius 3 is 2.00 bits per heavy atom. The van der Waals surface area contributed by atoms with Crippen molar-refractivity contribution in [2.75, 3.05) is 21.3 Å². The molecule has 216 valence electrons. The summed E-state index contributed by atoms with van der Waals surface area (Å²) in [5, 5.41) is 32.9. The van der Waals surface area contributed by atoms with E-state index in [1.165, 1.54) is 21.3 Å². The molecule has 41 heavy (non-hydrogen) atoms. The lowest BCUT2D eigenvalue weighted by Crippen LogP contribution is -2.64. The molecule has 0 aliphatic heterocycles. The van der Waals surface area contributed by atoms with Gasteiger partial charge in [0.15, 0.2) is 11.4 Å². The molecule has 2 atom stereocenters. The third-order valence-electron chi connectivity index (χ3n) is 8.45. The zero-order valence-corrected chi connectivity index (χ0v) is 25.3. The number of carbonyl (C=O) groups is 2. The van der Waals surface area contributed by atoms with Crippen LogP contribution in [0.1, 0.15) is 51.3 Å². The Morgan fingerprint density at radius 1 is 0.805 bits per heavy atom. The summed E-state index contributed by atoms with van der Waals surface area (Å²) in [5.41, 5.74) is -2.31. The van der Waals surface area contributed by atoms with E-state index in [2.05, 4.69) is 0 Å². The summed E-state index contributed by atoms with van der Waals surface area (Å²) in [6.45, 7) is 5.13. The summed E-state index contributed by atoms with van der Waals surface area (Å²) in [6, 6.07) is 4.98. The summed E-state index contributed by atoms with van der Waals surface area (Å²) in [6.07, 6.45) is -0.0449. The van der Waals surface area contributed by atoms with E-state index >= 15 is 0 Å². The Morgan fingerprint density at radius 2 is 1.41 bits per heavy atom. The lowest BCUT2D eigenvalue weighted by atomic mass is 9.52. The van der Waals surface area contributed by atoms with Gasteiger partial charge in [0.1, 0.15) is 28.0 Å². The van der Waals surface area contributed by atoms with Gasteiger partial charge < -0.3 is 29.5 Å². The number of aromatic hydroxyl groups is 2. The largest absolute Gasteiger partial charge is 0.505 e. The molecular weight excluding hydrogens is 595 g/mol. The number of phenols is 2. The topological polar surface area (TPSA) is 123 Å². The SMILES string of the molecule is COc1cc(C)c(-c2cc(OC)c(Cl)c3c2C(=O)C2(O)C(=O)c4c(O)c(Cl)c(O)c(Cl)c4C(C)(C)C2C3)c(OC)c1. The van der Waals surface area contributed by atoms with Crippen LogP contribution in [0.25, 0.3) is 11.1 Å². The van der Waals surface area contributed by atoms with Crippen LogP contribution in [0.4, 0.5) is 0 Å². The van der Waals surface area contributed by atoms with E-state index in [1.807, 2.05) is 0 Å². The maximum Gasteiger partial charge on any atom is 0.206 e. The molecule has 0 bridgehead atoms. The van der Waals surface area contributed by atoms with Crippen molar-refractivity contribution in [2.24, 2.45) is 5.92 Å². The van der Waals surface area contributed by atoms with Crippen molar-refractivity contribution in [3.63, 3.8) is 0 Å². The van der Waals surface area contributed by atoms with Crippen LogP contribution >= 0.6 is 34.8 Å². The average molecular weight is 622 g/mol. The molecule has 0 fully saturated rings. The van der Waals surface area contributed by atoms with E-state index in [-0.39, 0.29) is 33.3 Å².